The first-order valence-electron chi connectivity index (χ1n) is 15.2. The number of anilines is 3. The Kier molecular flexibility index (Phi) is 16.0. The molecule has 2 saturated heterocycles. The normalized spacial score (nSPS) is 16.9. The fourth-order valence-corrected chi connectivity index (χ4v) is 5.40. The van der Waals surface area contributed by atoms with Crippen LogP contribution in [-0.2, 0) is 14.2 Å². The van der Waals surface area contributed by atoms with Gasteiger partial charge in [0.1, 0.15) is 12.3 Å². The highest BCUT2D eigenvalue weighted by Crippen LogP contribution is 2.29. The minimum absolute atomic E-state index is 0.106. The van der Waals surface area contributed by atoms with Crippen molar-refractivity contribution < 1.29 is 14.2 Å². The second kappa shape index (κ2) is 19.4. The van der Waals surface area contributed by atoms with Crippen LogP contribution in [0, 0.1) is 0 Å². The molecule has 4 N–H and O–H groups in total. The number of nitrogen functional groups attached to an aromatic ring is 1. The Bertz CT molecular complexity index is 1120. The lowest BCUT2D eigenvalue weighted by atomic mass is 9.97. The number of hydrogen-bond donors (Lipinski definition) is 3. The standard InChI is InChI=1S/C25H37N7O2.C4H6BNO.C2H6/c1-27-25(34)24(3-2-16-33)29-20-4-6-21(7-5-20)30-12-8-22(9-13-30)31-14-10-23(11-15-31)32-18-19(26)17-28-32;1-3-4(6-2)7-5;1-2/h4-7,16-18,22-24,29H,2-3,8-15,26H2,1H3,(H,27,34);3H,1H2,2H3;1-2H3. The maximum atomic E-state index is 12.1. The number of benzene rings is 1. The molecule has 4 rings (SSSR count). The van der Waals surface area contributed by atoms with Crippen LogP contribution in [0.3, 0.4) is 0 Å². The summed E-state index contributed by atoms with van der Waals surface area (Å²) < 4.78 is 6.22. The van der Waals surface area contributed by atoms with Gasteiger partial charge in [0, 0.05) is 70.3 Å². The topological polar surface area (TPSA) is 130 Å². The van der Waals surface area contributed by atoms with Crippen LogP contribution >= 0.6 is 0 Å². The molecule has 0 spiro atoms. The first-order chi connectivity index (χ1) is 20.9. The van der Waals surface area contributed by atoms with Gasteiger partial charge in [-0.2, -0.15) is 5.10 Å². The summed E-state index contributed by atoms with van der Waals surface area (Å²) in [5.41, 5.74) is 8.66. The summed E-state index contributed by atoms with van der Waals surface area (Å²) in [6.45, 7) is 11.7. The summed E-state index contributed by atoms with van der Waals surface area (Å²) in [5, 5.41) is 10.3. The second-order valence-electron chi connectivity index (χ2n) is 10.2. The molecular weight excluding hydrogens is 543 g/mol. The number of carbonyl (C=O) groups is 2. The van der Waals surface area contributed by atoms with Crippen molar-refractivity contribution in [1.29, 1.82) is 0 Å². The first kappa shape index (κ1) is 35.4. The summed E-state index contributed by atoms with van der Waals surface area (Å²) >= 11 is 0. The average Bonchev–Trinajstić information content (AvgIpc) is 3.51. The second-order valence-corrected chi connectivity index (χ2v) is 10.2. The number of aromatic nitrogens is 2. The van der Waals surface area contributed by atoms with Crippen LogP contribution in [0.15, 0.2) is 54.3 Å². The van der Waals surface area contributed by atoms with Crippen LogP contribution in [0.5, 0.6) is 0 Å². The summed E-state index contributed by atoms with van der Waals surface area (Å²) in [6.07, 6.45) is 11.4. The van der Waals surface area contributed by atoms with Gasteiger partial charge < -0.3 is 35.6 Å². The molecule has 0 bridgehead atoms. The molecule has 3 heterocycles. The SMILES string of the molecule is CC.CNC(=O)C(CCC=O)Nc1ccc(N2CCC(N3CCC(n4cc(N)cn4)CC3)CC2)cc1.[B]OC(C=C)=NC. The monoisotopic (exact) mass is 592 g/mol. The van der Waals surface area contributed by atoms with Gasteiger partial charge in [-0.25, -0.2) is 0 Å². The molecule has 2 aliphatic rings. The Morgan fingerprint density at radius 2 is 1.79 bits per heavy atom. The number of aldehydes is 1. The van der Waals surface area contributed by atoms with Crippen LogP contribution in [0.4, 0.5) is 17.1 Å². The van der Waals surface area contributed by atoms with E-state index >= 15 is 0 Å². The van der Waals surface area contributed by atoms with E-state index in [0.717, 1.165) is 56.7 Å². The zero-order valence-electron chi connectivity index (χ0n) is 26.2. The summed E-state index contributed by atoms with van der Waals surface area (Å²) in [7, 11) is 7.88. The van der Waals surface area contributed by atoms with E-state index in [0.29, 0.717) is 30.8 Å². The third kappa shape index (κ3) is 11.1. The Morgan fingerprint density at radius 3 is 2.26 bits per heavy atom. The van der Waals surface area contributed by atoms with Gasteiger partial charge in [-0.15, -0.1) is 0 Å². The number of rotatable bonds is 10. The number of nitrogens with zero attached hydrogens (tertiary/aromatic N) is 5. The van der Waals surface area contributed by atoms with Crippen molar-refractivity contribution in [2.75, 3.05) is 56.2 Å². The highest BCUT2D eigenvalue weighted by Gasteiger charge is 2.29. The third-order valence-corrected chi connectivity index (χ3v) is 7.70. The molecular formula is C31H49BN8O3. The number of nitrogens with one attached hydrogen (secondary N) is 2. The molecule has 234 valence electrons. The fraction of sp³-hybridized carbons (Fsp3) is 0.548. The number of aliphatic imine (C=N–C) groups is 1. The molecule has 2 fully saturated rings. The Labute approximate surface area is 258 Å². The van der Waals surface area contributed by atoms with Crippen LogP contribution in [0.1, 0.15) is 58.4 Å². The summed E-state index contributed by atoms with van der Waals surface area (Å²) in [5.74, 6) is 0.241. The van der Waals surface area contributed by atoms with Crippen molar-refractivity contribution >= 4 is 43.2 Å². The van der Waals surface area contributed by atoms with Crippen molar-refractivity contribution in [1.82, 2.24) is 20.0 Å². The van der Waals surface area contributed by atoms with Crippen molar-refractivity contribution in [3.63, 3.8) is 0 Å². The maximum absolute atomic E-state index is 12.1. The molecule has 0 aliphatic carbocycles. The summed E-state index contributed by atoms with van der Waals surface area (Å²) in [6, 6.07) is 8.96. The predicted octanol–water partition coefficient (Wildman–Crippen LogP) is 3.60. The van der Waals surface area contributed by atoms with Gasteiger partial charge in [0.15, 0.2) is 5.90 Å². The number of amides is 1. The van der Waals surface area contributed by atoms with Gasteiger partial charge in [-0.05, 0) is 62.4 Å². The van der Waals surface area contributed by atoms with Crippen molar-refractivity contribution in [3.8, 4) is 0 Å². The molecule has 0 saturated carbocycles. The first-order valence-corrected chi connectivity index (χ1v) is 15.2. The number of likely N-dealkylation sites (tertiary alicyclic amines) is 1. The van der Waals surface area contributed by atoms with Gasteiger partial charge in [0.05, 0.1) is 17.9 Å². The lowest BCUT2D eigenvalue weighted by Crippen LogP contribution is -2.48. The van der Waals surface area contributed by atoms with Crippen molar-refractivity contribution in [3.05, 3.63) is 49.3 Å². The quantitative estimate of drug-likeness (QED) is 0.165. The minimum atomic E-state index is -0.411. The van der Waals surface area contributed by atoms with E-state index in [9.17, 15) is 9.59 Å². The van der Waals surface area contributed by atoms with E-state index in [2.05, 4.69) is 53.9 Å². The van der Waals surface area contributed by atoms with Crippen LogP contribution in [0.25, 0.3) is 0 Å². The molecule has 2 radical (unpaired) electrons. The number of carbonyl (C=O) groups excluding carboxylic acids is 2. The number of hydrogen-bond acceptors (Lipinski definition) is 9. The van der Waals surface area contributed by atoms with E-state index in [-0.39, 0.29) is 5.91 Å². The van der Waals surface area contributed by atoms with Gasteiger partial charge in [0.25, 0.3) is 0 Å². The van der Waals surface area contributed by atoms with Crippen molar-refractivity contribution in [2.45, 2.75) is 70.5 Å². The van der Waals surface area contributed by atoms with Gasteiger partial charge in [0.2, 0.25) is 5.91 Å². The lowest BCUT2D eigenvalue weighted by Gasteiger charge is -2.42. The van der Waals surface area contributed by atoms with E-state index in [1.54, 1.807) is 20.3 Å². The fourth-order valence-electron chi connectivity index (χ4n) is 5.40. The van der Waals surface area contributed by atoms with E-state index in [4.69, 9.17) is 13.8 Å². The molecule has 43 heavy (non-hydrogen) atoms. The predicted molar refractivity (Wildman–Crippen MR) is 177 cm³/mol. The number of piperidine rings is 2. The molecule has 12 heteroatoms. The number of nitrogens with two attached hydrogens (primary N) is 1. The minimum Gasteiger partial charge on any atom is -0.555 e. The molecule has 2 aromatic rings. The third-order valence-electron chi connectivity index (χ3n) is 7.70. The molecule has 1 aromatic heterocycles. The van der Waals surface area contributed by atoms with Gasteiger partial charge >= 0.3 is 8.05 Å². The van der Waals surface area contributed by atoms with E-state index < -0.39 is 6.04 Å². The van der Waals surface area contributed by atoms with Crippen molar-refractivity contribution in [2.24, 2.45) is 4.99 Å². The highest BCUT2D eigenvalue weighted by atomic mass is 16.4. The van der Waals surface area contributed by atoms with Gasteiger partial charge in [-0.3, -0.25) is 14.5 Å². The largest absolute Gasteiger partial charge is 0.555 e. The lowest BCUT2D eigenvalue weighted by molar-refractivity contribution is -0.121. The summed E-state index contributed by atoms with van der Waals surface area (Å²) in [4.78, 5) is 31.5. The van der Waals surface area contributed by atoms with Crippen LogP contribution in [0.2, 0.25) is 0 Å². The smallest absolute Gasteiger partial charge is 0.376 e. The highest BCUT2D eigenvalue weighted by molar-refractivity contribution is 6.09. The Hall–Kier alpha value is -3.80. The van der Waals surface area contributed by atoms with Gasteiger partial charge in [-0.1, -0.05) is 20.4 Å². The average molecular weight is 593 g/mol. The number of likely N-dealkylation sites (N-methyl/N-ethyl adjacent to an activating group) is 1. The van der Waals surface area contributed by atoms with E-state index in [1.807, 2.05) is 36.9 Å². The Morgan fingerprint density at radius 1 is 1.16 bits per heavy atom. The molecule has 1 amide bonds. The maximum Gasteiger partial charge on any atom is 0.376 e. The zero-order valence-corrected chi connectivity index (χ0v) is 26.2. The Balaban J connectivity index is 0.000000631. The molecule has 1 unspecified atom stereocenters. The molecule has 1 aromatic carbocycles. The molecule has 2 aliphatic heterocycles. The van der Waals surface area contributed by atoms with E-state index in [1.165, 1.54) is 24.6 Å². The zero-order chi connectivity index (χ0) is 31.6. The molecule has 11 nitrogen and oxygen atoms in total. The molecule has 1 atom stereocenters. The van der Waals surface area contributed by atoms with Crippen LogP contribution in [-0.4, -0.2) is 93.2 Å². The van der Waals surface area contributed by atoms with Crippen LogP contribution < -0.4 is 21.3 Å².